The van der Waals surface area contributed by atoms with Gasteiger partial charge in [0.2, 0.25) is 11.8 Å². The molecule has 3 rings (SSSR count). The number of carbonyl (C=O) groups excluding carboxylic acids is 2. The number of aromatic nitrogens is 1. The molecule has 31 heavy (non-hydrogen) atoms. The third-order valence-corrected chi connectivity index (χ3v) is 4.92. The van der Waals surface area contributed by atoms with Gasteiger partial charge in [0.05, 0.1) is 17.0 Å². The van der Waals surface area contributed by atoms with Gasteiger partial charge in [0.15, 0.2) is 5.13 Å². The molecule has 0 saturated carbocycles. The van der Waals surface area contributed by atoms with Gasteiger partial charge in [-0.1, -0.05) is 0 Å². The van der Waals surface area contributed by atoms with Crippen LogP contribution in [0.1, 0.15) is 12.5 Å². The zero-order valence-corrected chi connectivity index (χ0v) is 16.9. The molecule has 3 aromatic rings. The Morgan fingerprint density at radius 3 is 2.42 bits per heavy atom. The van der Waals surface area contributed by atoms with Crippen LogP contribution >= 0.6 is 11.3 Å². The van der Waals surface area contributed by atoms with Gasteiger partial charge < -0.3 is 10.6 Å². The van der Waals surface area contributed by atoms with E-state index in [0.29, 0.717) is 17.3 Å². The zero-order valence-electron chi connectivity index (χ0n) is 16.1. The van der Waals surface area contributed by atoms with Crippen molar-refractivity contribution in [1.29, 1.82) is 0 Å². The second kappa shape index (κ2) is 9.39. The number of thiazole rings is 1. The SMILES string of the molecule is CC(NC(=O)Cc1cc(F)cc(F)c1)C(=O)Nc1nc(-c2ccc([N+](=O)[O-])cc2)cs1. The molecule has 0 radical (unpaired) electrons. The minimum atomic E-state index is -0.919. The van der Waals surface area contributed by atoms with Gasteiger partial charge in [0.1, 0.15) is 17.7 Å². The monoisotopic (exact) mass is 446 g/mol. The molecule has 0 bridgehead atoms. The second-order valence-corrected chi connectivity index (χ2v) is 7.43. The van der Waals surface area contributed by atoms with E-state index in [1.165, 1.54) is 19.1 Å². The van der Waals surface area contributed by atoms with Gasteiger partial charge in [-0.2, -0.15) is 0 Å². The Balaban J connectivity index is 1.57. The Labute approximate surface area is 179 Å². The highest BCUT2D eigenvalue weighted by molar-refractivity contribution is 7.14. The van der Waals surface area contributed by atoms with Crippen LogP contribution in [-0.4, -0.2) is 27.8 Å². The molecular formula is C20H16F2N4O4S. The topological polar surface area (TPSA) is 114 Å². The summed E-state index contributed by atoms with van der Waals surface area (Å²) in [6, 6.07) is 7.69. The Morgan fingerprint density at radius 1 is 1.16 bits per heavy atom. The Bertz CT molecular complexity index is 1110. The maximum absolute atomic E-state index is 13.2. The minimum Gasteiger partial charge on any atom is -0.344 e. The minimum absolute atomic E-state index is 0.0435. The summed E-state index contributed by atoms with van der Waals surface area (Å²) in [5.74, 6) is -2.68. The molecule has 2 N–H and O–H groups in total. The van der Waals surface area contributed by atoms with E-state index < -0.39 is 34.4 Å². The van der Waals surface area contributed by atoms with Crippen LogP contribution in [0.2, 0.25) is 0 Å². The van der Waals surface area contributed by atoms with Gasteiger partial charge in [-0.3, -0.25) is 19.7 Å². The van der Waals surface area contributed by atoms with Crippen LogP contribution in [-0.2, 0) is 16.0 Å². The van der Waals surface area contributed by atoms with Crippen molar-refractivity contribution in [3.8, 4) is 11.3 Å². The van der Waals surface area contributed by atoms with E-state index in [4.69, 9.17) is 0 Å². The van der Waals surface area contributed by atoms with Crippen LogP contribution in [0.4, 0.5) is 19.6 Å². The fourth-order valence-electron chi connectivity index (χ4n) is 2.69. The quantitative estimate of drug-likeness (QED) is 0.424. The predicted molar refractivity (Wildman–Crippen MR) is 111 cm³/mol. The number of rotatable bonds is 7. The van der Waals surface area contributed by atoms with Crippen molar-refractivity contribution in [3.05, 3.63) is 75.2 Å². The number of hydrogen-bond acceptors (Lipinski definition) is 6. The number of nitrogens with zero attached hydrogens (tertiary/aromatic N) is 2. The number of amides is 2. The van der Waals surface area contributed by atoms with Crippen LogP contribution in [0.5, 0.6) is 0 Å². The number of hydrogen-bond donors (Lipinski definition) is 2. The van der Waals surface area contributed by atoms with Gasteiger partial charge in [-0.25, -0.2) is 13.8 Å². The average Bonchev–Trinajstić information content (AvgIpc) is 3.15. The molecule has 0 aliphatic heterocycles. The van der Waals surface area contributed by atoms with Crippen molar-refractivity contribution in [1.82, 2.24) is 10.3 Å². The lowest BCUT2D eigenvalue weighted by atomic mass is 10.1. The first kappa shape index (κ1) is 22.0. The molecule has 2 amide bonds. The molecule has 0 aliphatic rings. The number of carbonyl (C=O) groups is 2. The Kier molecular flexibility index (Phi) is 6.65. The maximum Gasteiger partial charge on any atom is 0.269 e. The molecule has 0 spiro atoms. The van der Waals surface area contributed by atoms with Gasteiger partial charge in [0.25, 0.3) is 5.69 Å². The highest BCUT2D eigenvalue weighted by atomic mass is 32.1. The molecule has 1 unspecified atom stereocenters. The molecule has 2 aromatic carbocycles. The lowest BCUT2D eigenvalue weighted by Crippen LogP contribution is -2.42. The fourth-order valence-corrected chi connectivity index (χ4v) is 3.41. The average molecular weight is 446 g/mol. The molecule has 0 fully saturated rings. The fraction of sp³-hybridized carbons (Fsp3) is 0.150. The molecule has 8 nitrogen and oxygen atoms in total. The summed E-state index contributed by atoms with van der Waals surface area (Å²) in [5, 5.41) is 17.7. The molecule has 0 aliphatic carbocycles. The van der Waals surface area contributed by atoms with Crippen LogP contribution in [0.25, 0.3) is 11.3 Å². The van der Waals surface area contributed by atoms with Gasteiger partial charge >= 0.3 is 0 Å². The van der Waals surface area contributed by atoms with Gasteiger partial charge in [-0.05, 0) is 36.8 Å². The standard InChI is InChI=1S/C20H16F2N4O4S/c1-11(23-18(27)8-12-6-14(21)9-15(22)7-12)19(28)25-20-24-17(10-31-20)13-2-4-16(5-3-13)26(29)30/h2-7,9-11H,8H2,1H3,(H,23,27)(H,24,25,28). The summed E-state index contributed by atoms with van der Waals surface area (Å²) in [6.45, 7) is 1.46. The number of nitrogens with one attached hydrogen (secondary N) is 2. The first-order valence-corrected chi connectivity index (χ1v) is 9.85. The van der Waals surface area contributed by atoms with Gasteiger partial charge in [-0.15, -0.1) is 11.3 Å². The van der Waals surface area contributed by atoms with E-state index in [1.807, 2.05) is 0 Å². The molecule has 1 heterocycles. The lowest BCUT2D eigenvalue weighted by Gasteiger charge is -2.13. The number of benzene rings is 2. The molecular weight excluding hydrogens is 430 g/mol. The van der Waals surface area contributed by atoms with Crippen molar-refractivity contribution in [3.63, 3.8) is 0 Å². The highest BCUT2D eigenvalue weighted by Gasteiger charge is 2.18. The largest absolute Gasteiger partial charge is 0.344 e. The van der Waals surface area contributed by atoms with Crippen LogP contribution < -0.4 is 10.6 Å². The van der Waals surface area contributed by atoms with Crippen molar-refractivity contribution < 1.29 is 23.3 Å². The lowest BCUT2D eigenvalue weighted by molar-refractivity contribution is -0.384. The number of nitro benzene ring substituents is 1. The van der Waals surface area contributed by atoms with E-state index in [9.17, 15) is 28.5 Å². The van der Waals surface area contributed by atoms with E-state index in [2.05, 4.69) is 15.6 Å². The van der Waals surface area contributed by atoms with Crippen molar-refractivity contribution in [2.45, 2.75) is 19.4 Å². The number of nitro groups is 1. The maximum atomic E-state index is 13.2. The number of anilines is 1. The van der Waals surface area contributed by atoms with Crippen LogP contribution in [0.15, 0.2) is 47.8 Å². The first-order valence-electron chi connectivity index (χ1n) is 8.97. The number of non-ortho nitro benzene ring substituents is 1. The van der Waals surface area contributed by atoms with E-state index in [-0.39, 0.29) is 22.8 Å². The summed E-state index contributed by atoms with van der Waals surface area (Å²) >= 11 is 1.15. The normalized spacial score (nSPS) is 11.6. The third kappa shape index (κ3) is 5.89. The van der Waals surface area contributed by atoms with E-state index in [0.717, 1.165) is 23.5 Å². The summed E-state index contributed by atoms with van der Waals surface area (Å²) < 4.78 is 26.4. The molecule has 11 heteroatoms. The van der Waals surface area contributed by atoms with Crippen molar-refractivity contribution >= 4 is 34.0 Å². The van der Waals surface area contributed by atoms with Crippen molar-refractivity contribution in [2.75, 3.05) is 5.32 Å². The van der Waals surface area contributed by atoms with Crippen LogP contribution in [0, 0.1) is 21.7 Å². The molecule has 1 atom stereocenters. The Hall–Kier alpha value is -3.73. The zero-order chi connectivity index (χ0) is 22.5. The summed E-state index contributed by atoms with van der Waals surface area (Å²) in [6.07, 6.45) is -0.284. The second-order valence-electron chi connectivity index (χ2n) is 6.57. The third-order valence-electron chi connectivity index (χ3n) is 4.17. The molecule has 160 valence electrons. The summed E-state index contributed by atoms with van der Waals surface area (Å²) in [7, 11) is 0. The predicted octanol–water partition coefficient (Wildman–Crippen LogP) is 3.68. The smallest absolute Gasteiger partial charge is 0.269 e. The first-order chi connectivity index (χ1) is 14.7. The van der Waals surface area contributed by atoms with Gasteiger partial charge in [0, 0.05) is 29.1 Å². The highest BCUT2D eigenvalue weighted by Crippen LogP contribution is 2.26. The summed E-state index contributed by atoms with van der Waals surface area (Å²) in [5.41, 5.74) is 1.28. The summed E-state index contributed by atoms with van der Waals surface area (Å²) in [4.78, 5) is 38.9. The van der Waals surface area contributed by atoms with E-state index in [1.54, 1.807) is 17.5 Å². The molecule has 1 aromatic heterocycles. The number of halogens is 2. The molecule has 0 saturated heterocycles. The van der Waals surface area contributed by atoms with E-state index >= 15 is 0 Å². The van der Waals surface area contributed by atoms with Crippen molar-refractivity contribution in [2.24, 2.45) is 0 Å². The Morgan fingerprint density at radius 2 is 1.81 bits per heavy atom. The van der Waals surface area contributed by atoms with Crippen LogP contribution in [0.3, 0.4) is 0 Å².